The summed E-state index contributed by atoms with van der Waals surface area (Å²) in [4.78, 5) is 26.3. The molecule has 1 aliphatic rings. The van der Waals surface area contributed by atoms with E-state index in [1.807, 2.05) is 62.3 Å². The molecule has 0 saturated heterocycles. The Morgan fingerprint density at radius 1 is 1.12 bits per heavy atom. The second-order valence-corrected chi connectivity index (χ2v) is 6.22. The molecular formula is C19H21N3O3. The molecule has 6 nitrogen and oxygen atoms in total. The lowest BCUT2D eigenvalue weighted by atomic mass is 10.1. The van der Waals surface area contributed by atoms with Crippen LogP contribution >= 0.6 is 0 Å². The lowest BCUT2D eigenvalue weighted by Crippen LogP contribution is -2.38. The third-order valence-electron chi connectivity index (χ3n) is 4.15. The summed E-state index contributed by atoms with van der Waals surface area (Å²) >= 11 is 0. The standard InChI is InChI=1S/C19H21N3O3/c1-12-10-13(8-9-16(12)22(2)3)20-18(23)19(24)21-15-11-25-17-7-5-4-6-14(15)17/h4-10,15H,11H2,1-3H3,(H,20,23)(H,21,24)/t15-/m1/s1. The largest absolute Gasteiger partial charge is 0.491 e. The van der Waals surface area contributed by atoms with Crippen molar-refractivity contribution >= 4 is 23.2 Å². The fourth-order valence-corrected chi connectivity index (χ4v) is 2.93. The maximum absolute atomic E-state index is 12.2. The highest BCUT2D eigenvalue weighted by molar-refractivity contribution is 6.39. The first-order valence-corrected chi connectivity index (χ1v) is 8.07. The van der Waals surface area contributed by atoms with Crippen molar-refractivity contribution in [3.63, 3.8) is 0 Å². The van der Waals surface area contributed by atoms with E-state index in [1.54, 1.807) is 6.07 Å². The Labute approximate surface area is 146 Å². The van der Waals surface area contributed by atoms with Gasteiger partial charge in [0, 0.05) is 31.0 Å². The number of hydrogen-bond acceptors (Lipinski definition) is 4. The first-order chi connectivity index (χ1) is 12.0. The van der Waals surface area contributed by atoms with Crippen LogP contribution in [0.4, 0.5) is 11.4 Å². The summed E-state index contributed by atoms with van der Waals surface area (Å²) in [7, 11) is 3.91. The summed E-state index contributed by atoms with van der Waals surface area (Å²) in [5.74, 6) is -0.635. The fraction of sp³-hybridized carbons (Fsp3) is 0.263. The molecule has 0 fully saturated rings. The van der Waals surface area contributed by atoms with Crippen LogP contribution in [0.15, 0.2) is 42.5 Å². The number of fused-ring (bicyclic) bond motifs is 1. The van der Waals surface area contributed by atoms with Gasteiger partial charge < -0.3 is 20.3 Å². The van der Waals surface area contributed by atoms with Crippen molar-refractivity contribution in [1.29, 1.82) is 0 Å². The summed E-state index contributed by atoms with van der Waals surface area (Å²) < 4.78 is 5.51. The minimum Gasteiger partial charge on any atom is -0.491 e. The van der Waals surface area contributed by atoms with Gasteiger partial charge in [-0.2, -0.15) is 0 Å². The van der Waals surface area contributed by atoms with Gasteiger partial charge in [-0.1, -0.05) is 18.2 Å². The third kappa shape index (κ3) is 3.57. The molecule has 0 spiro atoms. The number of carbonyl (C=O) groups is 2. The van der Waals surface area contributed by atoms with Crippen LogP contribution < -0.4 is 20.3 Å². The zero-order valence-corrected chi connectivity index (χ0v) is 14.5. The predicted molar refractivity (Wildman–Crippen MR) is 97.0 cm³/mol. The summed E-state index contributed by atoms with van der Waals surface area (Å²) in [5.41, 5.74) is 3.55. The summed E-state index contributed by atoms with van der Waals surface area (Å²) in [6.07, 6.45) is 0. The van der Waals surface area contributed by atoms with Crippen molar-refractivity contribution in [3.05, 3.63) is 53.6 Å². The number of benzene rings is 2. The fourth-order valence-electron chi connectivity index (χ4n) is 2.93. The Morgan fingerprint density at radius 3 is 2.60 bits per heavy atom. The van der Waals surface area contributed by atoms with Gasteiger partial charge in [0.15, 0.2) is 0 Å². The Balaban J connectivity index is 1.64. The number of para-hydroxylation sites is 1. The monoisotopic (exact) mass is 339 g/mol. The Bertz CT molecular complexity index is 817. The summed E-state index contributed by atoms with van der Waals surface area (Å²) in [6, 6.07) is 12.7. The number of rotatable bonds is 3. The number of amides is 2. The van der Waals surface area contributed by atoms with Crippen LogP contribution in [0, 0.1) is 6.92 Å². The van der Waals surface area contributed by atoms with E-state index in [9.17, 15) is 9.59 Å². The molecule has 2 N–H and O–H groups in total. The topological polar surface area (TPSA) is 70.7 Å². The molecule has 3 rings (SSSR count). The van der Waals surface area contributed by atoms with Gasteiger partial charge in [0.1, 0.15) is 12.4 Å². The predicted octanol–water partition coefficient (Wildman–Crippen LogP) is 2.25. The zero-order valence-electron chi connectivity index (χ0n) is 14.5. The van der Waals surface area contributed by atoms with E-state index in [2.05, 4.69) is 10.6 Å². The van der Waals surface area contributed by atoms with Crippen molar-refractivity contribution in [3.8, 4) is 5.75 Å². The zero-order chi connectivity index (χ0) is 18.0. The molecule has 2 aromatic carbocycles. The molecule has 1 heterocycles. The lowest BCUT2D eigenvalue weighted by molar-refractivity contribution is -0.136. The van der Waals surface area contributed by atoms with E-state index < -0.39 is 11.8 Å². The number of anilines is 2. The van der Waals surface area contributed by atoms with Crippen LogP contribution in [-0.4, -0.2) is 32.5 Å². The number of aryl methyl sites for hydroxylation is 1. The number of ether oxygens (including phenoxy) is 1. The average molecular weight is 339 g/mol. The quantitative estimate of drug-likeness (QED) is 0.842. The third-order valence-corrected chi connectivity index (χ3v) is 4.15. The van der Waals surface area contributed by atoms with Crippen LogP contribution in [0.25, 0.3) is 0 Å². The van der Waals surface area contributed by atoms with Gasteiger partial charge >= 0.3 is 11.8 Å². The van der Waals surface area contributed by atoms with Crippen LogP contribution in [0.1, 0.15) is 17.2 Å². The Hall–Kier alpha value is -3.02. The molecule has 25 heavy (non-hydrogen) atoms. The Morgan fingerprint density at radius 2 is 1.88 bits per heavy atom. The number of nitrogens with one attached hydrogen (secondary N) is 2. The van der Waals surface area contributed by atoms with Gasteiger partial charge in [0.25, 0.3) is 0 Å². The highest BCUT2D eigenvalue weighted by Crippen LogP contribution is 2.31. The smallest absolute Gasteiger partial charge is 0.313 e. The molecular weight excluding hydrogens is 318 g/mol. The molecule has 0 aliphatic carbocycles. The van der Waals surface area contributed by atoms with Crippen molar-refractivity contribution in [1.82, 2.24) is 5.32 Å². The first kappa shape index (κ1) is 16.8. The van der Waals surface area contributed by atoms with E-state index in [4.69, 9.17) is 4.74 Å². The first-order valence-electron chi connectivity index (χ1n) is 8.07. The van der Waals surface area contributed by atoms with E-state index in [0.29, 0.717) is 12.3 Å². The number of nitrogens with zero attached hydrogens (tertiary/aromatic N) is 1. The maximum Gasteiger partial charge on any atom is 0.313 e. The van der Waals surface area contributed by atoms with E-state index in [0.717, 1.165) is 22.6 Å². The normalized spacial score (nSPS) is 15.1. The van der Waals surface area contributed by atoms with Gasteiger partial charge in [-0.25, -0.2) is 0 Å². The van der Waals surface area contributed by atoms with Gasteiger partial charge in [-0.3, -0.25) is 9.59 Å². The molecule has 0 aromatic heterocycles. The van der Waals surface area contributed by atoms with E-state index in [-0.39, 0.29) is 6.04 Å². The molecule has 0 radical (unpaired) electrons. The van der Waals surface area contributed by atoms with E-state index >= 15 is 0 Å². The van der Waals surface area contributed by atoms with Crippen molar-refractivity contribution in [2.24, 2.45) is 0 Å². The minimum absolute atomic E-state index is 0.313. The summed E-state index contributed by atoms with van der Waals surface area (Å²) in [6.45, 7) is 2.28. The van der Waals surface area contributed by atoms with E-state index in [1.165, 1.54) is 0 Å². The maximum atomic E-state index is 12.2. The number of hydrogen-bond donors (Lipinski definition) is 2. The minimum atomic E-state index is -0.693. The summed E-state index contributed by atoms with van der Waals surface area (Å²) in [5, 5.41) is 5.35. The van der Waals surface area contributed by atoms with Crippen LogP contribution in [0.3, 0.4) is 0 Å². The highest BCUT2D eigenvalue weighted by atomic mass is 16.5. The lowest BCUT2D eigenvalue weighted by Gasteiger charge is -2.17. The van der Waals surface area contributed by atoms with Gasteiger partial charge in [0.05, 0.1) is 6.04 Å². The molecule has 2 aromatic rings. The van der Waals surface area contributed by atoms with Gasteiger partial charge in [0.2, 0.25) is 0 Å². The molecule has 6 heteroatoms. The molecule has 0 saturated carbocycles. The SMILES string of the molecule is Cc1cc(NC(=O)C(=O)N[C@@H]2COc3ccccc32)ccc1N(C)C. The molecule has 2 amide bonds. The van der Waals surface area contributed by atoms with Crippen LogP contribution in [0.2, 0.25) is 0 Å². The Kier molecular flexibility index (Phi) is 4.61. The molecule has 1 atom stereocenters. The molecule has 0 bridgehead atoms. The number of carbonyl (C=O) groups excluding carboxylic acids is 2. The molecule has 0 unspecified atom stereocenters. The van der Waals surface area contributed by atoms with Crippen LogP contribution in [-0.2, 0) is 9.59 Å². The molecule has 130 valence electrons. The second-order valence-electron chi connectivity index (χ2n) is 6.22. The van der Waals surface area contributed by atoms with Gasteiger partial charge in [-0.05, 0) is 36.8 Å². The van der Waals surface area contributed by atoms with Crippen molar-refractivity contribution in [2.45, 2.75) is 13.0 Å². The molecule has 1 aliphatic heterocycles. The van der Waals surface area contributed by atoms with Gasteiger partial charge in [-0.15, -0.1) is 0 Å². The average Bonchev–Trinajstić information content (AvgIpc) is 2.97. The second kappa shape index (κ2) is 6.84. The van der Waals surface area contributed by atoms with Crippen molar-refractivity contribution < 1.29 is 14.3 Å². The van der Waals surface area contributed by atoms with Crippen LogP contribution in [0.5, 0.6) is 5.75 Å². The van der Waals surface area contributed by atoms with Crippen molar-refractivity contribution in [2.75, 3.05) is 30.9 Å². The highest BCUT2D eigenvalue weighted by Gasteiger charge is 2.27.